The van der Waals surface area contributed by atoms with Gasteiger partial charge in [0.15, 0.2) is 0 Å². The first-order valence-electron chi connectivity index (χ1n) is 7.70. The average molecular weight is 357 g/mol. The van der Waals surface area contributed by atoms with E-state index in [-0.39, 0.29) is 11.6 Å². The number of rotatable bonds is 3. The van der Waals surface area contributed by atoms with E-state index in [1.54, 1.807) is 24.4 Å². The number of hydrogen-bond donors (Lipinski definition) is 1. The van der Waals surface area contributed by atoms with Crippen LogP contribution in [0, 0.1) is 6.92 Å². The van der Waals surface area contributed by atoms with Gasteiger partial charge in [-0.05, 0) is 48.9 Å². The summed E-state index contributed by atoms with van der Waals surface area (Å²) in [6.45, 7) is 1.88. The average Bonchev–Trinajstić information content (AvgIpc) is 2.61. The lowest BCUT2D eigenvalue weighted by Crippen LogP contribution is -2.12. The van der Waals surface area contributed by atoms with E-state index in [1.807, 2.05) is 13.0 Å². The number of anilines is 1. The van der Waals surface area contributed by atoms with Crippen molar-refractivity contribution in [2.45, 2.75) is 13.1 Å². The van der Waals surface area contributed by atoms with Crippen LogP contribution < -0.4 is 5.32 Å². The smallest absolute Gasteiger partial charge is 0.307 e. The Balaban J connectivity index is 1.79. The van der Waals surface area contributed by atoms with E-state index in [2.05, 4.69) is 15.3 Å². The highest BCUT2D eigenvalue weighted by Gasteiger charge is 2.30. The van der Waals surface area contributed by atoms with E-state index in [4.69, 9.17) is 0 Å². The lowest BCUT2D eigenvalue weighted by Gasteiger charge is -2.09. The lowest BCUT2D eigenvalue weighted by molar-refractivity contribution is -0.137. The fourth-order valence-corrected chi connectivity index (χ4v) is 2.35. The summed E-state index contributed by atoms with van der Waals surface area (Å²) in [5.41, 5.74) is 1.23. The molecule has 2 heterocycles. The van der Waals surface area contributed by atoms with Gasteiger partial charge in [-0.1, -0.05) is 12.1 Å². The highest BCUT2D eigenvalue weighted by molar-refractivity contribution is 6.04. The number of carbonyl (C=O) groups excluding carboxylic acids is 1. The third kappa shape index (κ3) is 4.05. The first-order valence-corrected chi connectivity index (χ1v) is 7.70. The van der Waals surface area contributed by atoms with Crippen LogP contribution in [0.5, 0.6) is 0 Å². The Hall–Kier alpha value is -3.22. The van der Waals surface area contributed by atoms with E-state index in [9.17, 15) is 18.0 Å². The summed E-state index contributed by atoms with van der Waals surface area (Å²) in [4.78, 5) is 20.3. The SMILES string of the molecule is Cc1ccnc(NC(=O)c2ccc(-c3cc(C(F)(F)F)ccn3)cc2)c1. The molecule has 3 rings (SSSR count). The van der Waals surface area contributed by atoms with Gasteiger partial charge in [-0.3, -0.25) is 9.78 Å². The summed E-state index contributed by atoms with van der Waals surface area (Å²) < 4.78 is 38.4. The molecule has 1 N–H and O–H groups in total. The van der Waals surface area contributed by atoms with Crippen molar-refractivity contribution < 1.29 is 18.0 Å². The summed E-state index contributed by atoms with van der Waals surface area (Å²) in [5.74, 6) is 0.0743. The minimum atomic E-state index is -4.43. The minimum Gasteiger partial charge on any atom is -0.307 e. The maximum atomic E-state index is 12.8. The van der Waals surface area contributed by atoms with Gasteiger partial charge >= 0.3 is 6.18 Å². The maximum Gasteiger partial charge on any atom is 0.416 e. The number of alkyl halides is 3. The van der Waals surface area contributed by atoms with E-state index in [0.29, 0.717) is 16.9 Å². The topological polar surface area (TPSA) is 54.9 Å². The van der Waals surface area contributed by atoms with Crippen molar-refractivity contribution in [3.8, 4) is 11.3 Å². The van der Waals surface area contributed by atoms with Crippen LogP contribution in [0.2, 0.25) is 0 Å². The van der Waals surface area contributed by atoms with Gasteiger partial charge in [-0.25, -0.2) is 4.98 Å². The zero-order valence-corrected chi connectivity index (χ0v) is 13.7. The summed E-state index contributed by atoms with van der Waals surface area (Å²) in [5, 5.41) is 2.67. The molecule has 1 aromatic carbocycles. The fourth-order valence-electron chi connectivity index (χ4n) is 2.35. The second-order valence-corrected chi connectivity index (χ2v) is 5.68. The first kappa shape index (κ1) is 17.6. The highest BCUT2D eigenvalue weighted by atomic mass is 19.4. The molecule has 2 aromatic heterocycles. The normalized spacial score (nSPS) is 11.2. The number of benzene rings is 1. The van der Waals surface area contributed by atoms with Gasteiger partial charge in [0, 0.05) is 23.5 Å². The van der Waals surface area contributed by atoms with Crippen LogP contribution >= 0.6 is 0 Å². The van der Waals surface area contributed by atoms with Gasteiger partial charge in [0.1, 0.15) is 5.82 Å². The zero-order chi connectivity index (χ0) is 18.7. The van der Waals surface area contributed by atoms with Crippen LogP contribution in [-0.4, -0.2) is 15.9 Å². The van der Waals surface area contributed by atoms with Crippen molar-refractivity contribution in [3.63, 3.8) is 0 Å². The number of nitrogens with zero attached hydrogens (tertiary/aromatic N) is 2. The third-order valence-electron chi connectivity index (χ3n) is 3.69. The van der Waals surface area contributed by atoms with Crippen molar-refractivity contribution in [1.82, 2.24) is 9.97 Å². The minimum absolute atomic E-state index is 0.187. The predicted octanol–water partition coefficient (Wildman–Crippen LogP) is 4.72. The van der Waals surface area contributed by atoms with E-state index >= 15 is 0 Å². The predicted molar refractivity (Wildman–Crippen MR) is 91.6 cm³/mol. The third-order valence-corrected chi connectivity index (χ3v) is 3.69. The largest absolute Gasteiger partial charge is 0.416 e. The quantitative estimate of drug-likeness (QED) is 0.738. The van der Waals surface area contributed by atoms with Crippen LogP contribution in [0.4, 0.5) is 19.0 Å². The van der Waals surface area contributed by atoms with Crippen molar-refractivity contribution >= 4 is 11.7 Å². The molecule has 0 saturated carbocycles. The Morgan fingerprint density at radius 3 is 2.31 bits per heavy atom. The molecule has 0 radical (unpaired) electrons. The van der Waals surface area contributed by atoms with Crippen molar-refractivity contribution in [2.75, 3.05) is 5.32 Å². The molecule has 4 nitrogen and oxygen atoms in total. The van der Waals surface area contributed by atoms with Gasteiger partial charge in [-0.2, -0.15) is 13.2 Å². The molecule has 0 unspecified atom stereocenters. The number of pyridine rings is 2. The molecule has 26 heavy (non-hydrogen) atoms. The summed E-state index contributed by atoms with van der Waals surface area (Å²) in [7, 11) is 0. The fraction of sp³-hybridized carbons (Fsp3) is 0.105. The number of amides is 1. The van der Waals surface area contributed by atoms with Crippen molar-refractivity contribution in [3.05, 3.63) is 77.6 Å². The Morgan fingerprint density at radius 2 is 1.65 bits per heavy atom. The van der Waals surface area contributed by atoms with Gasteiger partial charge in [0.25, 0.3) is 5.91 Å². The number of carbonyl (C=O) groups is 1. The molecule has 0 aliphatic rings. The van der Waals surface area contributed by atoms with Gasteiger partial charge in [0.05, 0.1) is 11.3 Å². The molecule has 0 aliphatic carbocycles. The zero-order valence-electron chi connectivity index (χ0n) is 13.7. The summed E-state index contributed by atoms with van der Waals surface area (Å²) >= 11 is 0. The molecule has 0 saturated heterocycles. The molecule has 132 valence electrons. The molecule has 0 aliphatic heterocycles. The Kier molecular flexibility index (Phi) is 4.71. The number of hydrogen-bond acceptors (Lipinski definition) is 3. The second-order valence-electron chi connectivity index (χ2n) is 5.68. The molecule has 0 fully saturated rings. The molecule has 1 amide bonds. The molecule has 0 atom stereocenters. The highest BCUT2D eigenvalue weighted by Crippen LogP contribution is 2.31. The number of halogens is 3. The van der Waals surface area contributed by atoms with E-state index < -0.39 is 11.7 Å². The molecular weight excluding hydrogens is 343 g/mol. The molecule has 3 aromatic rings. The van der Waals surface area contributed by atoms with Crippen LogP contribution in [0.15, 0.2) is 60.9 Å². The number of aromatic nitrogens is 2. The van der Waals surface area contributed by atoms with E-state index in [1.165, 1.54) is 12.1 Å². The second kappa shape index (κ2) is 6.95. The summed E-state index contributed by atoms with van der Waals surface area (Å²) in [6, 6.07) is 11.6. The molecule has 0 spiro atoms. The molecular formula is C19H14F3N3O. The first-order chi connectivity index (χ1) is 12.3. The Morgan fingerprint density at radius 1 is 0.962 bits per heavy atom. The Labute approximate surface area is 147 Å². The lowest BCUT2D eigenvalue weighted by atomic mass is 10.1. The number of nitrogens with one attached hydrogen (secondary N) is 1. The van der Waals surface area contributed by atoms with Gasteiger partial charge < -0.3 is 5.32 Å². The van der Waals surface area contributed by atoms with Crippen LogP contribution in [0.3, 0.4) is 0 Å². The summed E-state index contributed by atoms with van der Waals surface area (Å²) in [6.07, 6.45) is -1.73. The maximum absolute atomic E-state index is 12.8. The van der Waals surface area contributed by atoms with Crippen LogP contribution in [-0.2, 0) is 6.18 Å². The Bertz CT molecular complexity index is 937. The standard InChI is InChI=1S/C19H14F3N3O/c1-12-6-8-24-17(10-12)25-18(26)14-4-2-13(3-5-14)16-11-15(7-9-23-16)19(20,21)22/h2-11H,1H3,(H,24,25,26). The van der Waals surface area contributed by atoms with Gasteiger partial charge in [0.2, 0.25) is 0 Å². The van der Waals surface area contributed by atoms with Crippen molar-refractivity contribution in [1.29, 1.82) is 0 Å². The molecule has 7 heteroatoms. The van der Waals surface area contributed by atoms with Crippen LogP contribution in [0.1, 0.15) is 21.5 Å². The van der Waals surface area contributed by atoms with Gasteiger partial charge in [-0.15, -0.1) is 0 Å². The number of aryl methyl sites for hydroxylation is 1. The monoisotopic (exact) mass is 357 g/mol. The van der Waals surface area contributed by atoms with Crippen LogP contribution in [0.25, 0.3) is 11.3 Å². The van der Waals surface area contributed by atoms with E-state index in [0.717, 1.165) is 23.9 Å². The van der Waals surface area contributed by atoms with Crippen molar-refractivity contribution in [2.24, 2.45) is 0 Å². The molecule has 0 bridgehead atoms.